The Hall–Kier alpha value is -1.28. The number of phenolic OH excluding ortho intramolecular Hbond substituents is 1. The molecular weight excluding hydrogens is 252 g/mol. The van der Waals surface area contributed by atoms with Crippen LogP contribution in [0, 0.1) is 6.92 Å². The van der Waals surface area contributed by atoms with Gasteiger partial charge >= 0.3 is 0 Å². The van der Waals surface area contributed by atoms with Gasteiger partial charge in [0.05, 0.1) is 0 Å². The zero-order valence-electron chi connectivity index (χ0n) is 8.37. The summed E-state index contributed by atoms with van der Waals surface area (Å²) in [7, 11) is 0. The lowest BCUT2D eigenvalue weighted by Crippen LogP contribution is -1.82. The number of benzene rings is 2. The number of hydrogen-bond donors (Lipinski definition) is 1. The predicted molar refractivity (Wildman–Crippen MR) is 66.0 cm³/mol. The maximum Gasteiger partial charge on any atom is 0.115 e. The maximum absolute atomic E-state index is 9.33. The van der Waals surface area contributed by atoms with Crippen molar-refractivity contribution in [1.82, 2.24) is 0 Å². The summed E-state index contributed by atoms with van der Waals surface area (Å²) in [6.45, 7) is 2.00. The summed E-state index contributed by atoms with van der Waals surface area (Å²) in [5.41, 5.74) is 3.38. The molecule has 0 spiro atoms. The fourth-order valence-corrected chi connectivity index (χ4v) is 2.03. The van der Waals surface area contributed by atoms with E-state index in [0.29, 0.717) is 5.75 Å². The Kier molecular flexibility index (Phi) is 2.78. The third-order valence-electron chi connectivity index (χ3n) is 2.35. The molecule has 0 saturated carbocycles. The Morgan fingerprint density at radius 3 is 2.53 bits per heavy atom. The second kappa shape index (κ2) is 4.07. The van der Waals surface area contributed by atoms with Gasteiger partial charge in [-0.15, -0.1) is 0 Å². The van der Waals surface area contributed by atoms with Crippen LogP contribution in [-0.4, -0.2) is 5.11 Å². The minimum absolute atomic E-state index is 0.311. The Balaban J connectivity index is 2.54. The Morgan fingerprint density at radius 1 is 1.07 bits per heavy atom. The third kappa shape index (κ3) is 2.21. The molecule has 0 amide bonds. The van der Waals surface area contributed by atoms with E-state index >= 15 is 0 Å². The van der Waals surface area contributed by atoms with E-state index in [4.69, 9.17) is 0 Å². The summed E-state index contributed by atoms with van der Waals surface area (Å²) in [6.07, 6.45) is 0. The van der Waals surface area contributed by atoms with Crippen molar-refractivity contribution in [2.24, 2.45) is 0 Å². The van der Waals surface area contributed by atoms with Crippen LogP contribution >= 0.6 is 15.9 Å². The summed E-state index contributed by atoms with van der Waals surface area (Å²) >= 11 is 3.45. The summed E-state index contributed by atoms with van der Waals surface area (Å²) in [4.78, 5) is 0. The summed E-state index contributed by atoms with van der Waals surface area (Å²) in [6, 6.07) is 13.6. The van der Waals surface area contributed by atoms with Crippen LogP contribution in [0.1, 0.15) is 5.56 Å². The van der Waals surface area contributed by atoms with Gasteiger partial charge in [-0.3, -0.25) is 0 Å². The lowest BCUT2D eigenvalue weighted by atomic mass is 10.0. The van der Waals surface area contributed by atoms with Gasteiger partial charge in [-0.1, -0.05) is 34.1 Å². The Bertz CT molecular complexity index is 492. The largest absolute Gasteiger partial charge is 0.508 e. The molecule has 0 fully saturated rings. The highest BCUT2D eigenvalue weighted by Crippen LogP contribution is 2.28. The predicted octanol–water partition coefficient (Wildman–Crippen LogP) is 4.13. The molecule has 0 radical (unpaired) electrons. The van der Waals surface area contributed by atoms with E-state index in [9.17, 15) is 5.11 Å². The molecule has 0 saturated heterocycles. The second-order valence-corrected chi connectivity index (χ2v) is 4.43. The van der Waals surface area contributed by atoms with E-state index in [1.54, 1.807) is 12.1 Å². The number of halogens is 1. The van der Waals surface area contributed by atoms with Crippen LogP contribution in [0.5, 0.6) is 5.75 Å². The van der Waals surface area contributed by atoms with Gasteiger partial charge in [0, 0.05) is 4.47 Å². The molecule has 1 N–H and O–H groups in total. The first-order valence-corrected chi connectivity index (χ1v) is 5.51. The van der Waals surface area contributed by atoms with E-state index in [0.717, 1.165) is 21.2 Å². The lowest BCUT2D eigenvalue weighted by molar-refractivity contribution is 0.475. The normalized spacial score (nSPS) is 10.3. The molecule has 1 nitrogen and oxygen atoms in total. The Labute approximate surface area is 97.5 Å². The van der Waals surface area contributed by atoms with Crippen LogP contribution in [0.15, 0.2) is 46.9 Å². The number of aromatic hydroxyl groups is 1. The van der Waals surface area contributed by atoms with Crippen LogP contribution in [-0.2, 0) is 0 Å². The van der Waals surface area contributed by atoms with Gasteiger partial charge in [-0.2, -0.15) is 0 Å². The van der Waals surface area contributed by atoms with Gasteiger partial charge < -0.3 is 5.11 Å². The van der Waals surface area contributed by atoms with Crippen LogP contribution in [0.3, 0.4) is 0 Å². The molecule has 15 heavy (non-hydrogen) atoms. The average molecular weight is 263 g/mol. The first kappa shape index (κ1) is 10.2. The molecule has 2 aromatic carbocycles. The molecule has 0 bridgehead atoms. The van der Waals surface area contributed by atoms with Crippen molar-refractivity contribution in [3.05, 3.63) is 52.5 Å². The first-order valence-electron chi connectivity index (χ1n) is 4.72. The minimum atomic E-state index is 0.311. The number of aryl methyl sites for hydroxylation is 1. The number of rotatable bonds is 1. The molecule has 0 aliphatic heterocycles. The molecule has 0 aliphatic rings. The monoisotopic (exact) mass is 262 g/mol. The zero-order valence-corrected chi connectivity index (χ0v) is 9.95. The molecule has 0 heterocycles. The van der Waals surface area contributed by atoms with E-state index in [1.807, 2.05) is 25.1 Å². The van der Waals surface area contributed by atoms with Crippen LogP contribution in [0.4, 0.5) is 0 Å². The fourth-order valence-electron chi connectivity index (χ4n) is 1.63. The number of phenols is 1. The van der Waals surface area contributed by atoms with E-state index < -0.39 is 0 Å². The van der Waals surface area contributed by atoms with Gasteiger partial charge in [0.1, 0.15) is 5.75 Å². The minimum Gasteiger partial charge on any atom is -0.508 e. The van der Waals surface area contributed by atoms with Crippen LogP contribution < -0.4 is 0 Å². The standard InChI is InChI=1S/C13H11BrO/c1-9-7-12(15)5-6-13(9)10-3-2-4-11(14)8-10/h2-8,15H,1H3. The van der Waals surface area contributed by atoms with Crippen molar-refractivity contribution in [2.75, 3.05) is 0 Å². The quantitative estimate of drug-likeness (QED) is 0.820. The van der Waals surface area contributed by atoms with E-state index in [-0.39, 0.29) is 0 Å². The van der Waals surface area contributed by atoms with Gasteiger partial charge in [0.25, 0.3) is 0 Å². The molecular formula is C13H11BrO. The first-order chi connectivity index (χ1) is 7.16. The van der Waals surface area contributed by atoms with Crippen molar-refractivity contribution >= 4 is 15.9 Å². The van der Waals surface area contributed by atoms with E-state index in [2.05, 4.69) is 28.1 Å². The Morgan fingerprint density at radius 2 is 1.87 bits per heavy atom. The molecule has 0 aromatic heterocycles. The molecule has 2 rings (SSSR count). The molecule has 0 aliphatic carbocycles. The van der Waals surface area contributed by atoms with Crippen molar-refractivity contribution in [3.63, 3.8) is 0 Å². The molecule has 0 atom stereocenters. The van der Waals surface area contributed by atoms with Gasteiger partial charge in [0.2, 0.25) is 0 Å². The van der Waals surface area contributed by atoms with Gasteiger partial charge in [-0.25, -0.2) is 0 Å². The molecule has 0 unspecified atom stereocenters. The van der Waals surface area contributed by atoms with Crippen molar-refractivity contribution in [1.29, 1.82) is 0 Å². The van der Waals surface area contributed by atoms with Gasteiger partial charge in [-0.05, 0) is 47.9 Å². The summed E-state index contributed by atoms with van der Waals surface area (Å²) in [5.74, 6) is 0.311. The van der Waals surface area contributed by atoms with Crippen LogP contribution in [0.2, 0.25) is 0 Å². The summed E-state index contributed by atoms with van der Waals surface area (Å²) in [5, 5.41) is 9.33. The van der Waals surface area contributed by atoms with Gasteiger partial charge in [0.15, 0.2) is 0 Å². The molecule has 2 heteroatoms. The molecule has 2 aromatic rings. The maximum atomic E-state index is 9.33. The van der Waals surface area contributed by atoms with Crippen LogP contribution in [0.25, 0.3) is 11.1 Å². The SMILES string of the molecule is Cc1cc(O)ccc1-c1cccc(Br)c1. The van der Waals surface area contributed by atoms with Crippen molar-refractivity contribution in [2.45, 2.75) is 6.92 Å². The van der Waals surface area contributed by atoms with E-state index in [1.165, 1.54) is 0 Å². The average Bonchev–Trinajstić information content (AvgIpc) is 2.17. The summed E-state index contributed by atoms with van der Waals surface area (Å²) < 4.78 is 1.06. The fraction of sp³-hybridized carbons (Fsp3) is 0.0769. The topological polar surface area (TPSA) is 20.2 Å². The lowest BCUT2D eigenvalue weighted by Gasteiger charge is -2.06. The van der Waals surface area contributed by atoms with Crippen molar-refractivity contribution < 1.29 is 5.11 Å². The highest BCUT2D eigenvalue weighted by molar-refractivity contribution is 9.10. The highest BCUT2D eigenvalue weighted by Gasteiger charge is 2.02. The molecule has 76 valence electrons. The second-order valence-electron chi connectivity index (χ2n) is 3.51. The zero-order chi connectivity index (χ0) is 10.8. The number of hydrogen-bond acceptors (Lipinski definition) is 1. The highest BCUT2D eigenvalue weighted by atomic mass is 79.9. The van der Waals surface area contributed by atoms with Crippen molar-refractivity contribution in [3.8, 4) is 16.9 Å². The third-order valence-corrected chi connectivity index (χ3v) is 2.84. The smallest absolute Gasteiger partial charge is 0.115 e.